The van der Waals surface area contributed by atoms with Gasteiger partial charge in [-0.1, -0.05) is 17.7 Å². The van der Waals surface area contributed by atoms with Gasteiger partial charge in [-0.25, -0.2) is 0 Å². The number of benzene rings is 1. The number of aryl methyl sites for hydroxylation is 3. The zero-order valence-electron chi connectivity index (χ0n) is 15.5. The lowest BCUT2D eigenvalue weighted by atomic mass is 9.89. The largest absolute Gasteiger partial charge is 0.483 e. The molecular formula is C20H29NO4. The van der Waals surface area contributed by atoms with E-state index in [4.69, 9.17) is 9.47 Å². The average molecular weight is 347 g/mol. The molecule has 0 aromatic heterocycles. The minimum Gasteiger partial charge on any atom is -0.483 e. The molecule has 0 aliphatic carbocycles. The lowest BCUT2D eigenvalue weighted by Gasteiger charge is -2.37. The van der Waals surface area contributed by atoms with E-state index in [1.165, 1.54) is 5.56 Å². The van der Waals surface area contributed by atoms with Gasteiger partial charge in [-0.2, -0.15) is 0 Å². The average Bonchev–Trinajstić information content (AvgIpc) is 3.03. The molecule has 0 bridgehead atoms. The monoisotopic (exact) mass is 347 g/mol. The van der Waals surface area contributed by atoms with Crippen LogP contribution in [0.15, 0.2) is 12.1 Å². The highest BCUT2D eigenvalue weighted by Gasteiger charge is 2.39. The molecule has 2 fully saturated rings. The number of aliphatic hydroxyl groups is 1. The second-order valence-electron chi connectivity index (χ2n) is 7.41. The minimum atomic E-state index is -0.380. The number of ether oxygens (including phenoxy) is 2. The zero-order valence-corrected chi connectivity index (χ0v) is 15.5. The summed E-state index contributed by atoms with van der Waals surface area (Å²) >= 11 is 0. The Morgan fingerprint density at radius 1 is 1.28 bits per heavy atom. The molecule has 1 aromatic carbocycles. The molecule has 2 aliphatic rings. The second kappa shape index (κ2) is 7.75. The van der Waals surface area contributed by atoms with Crippen molar-refractivity contribution in [3.63, 3.8) is 0 Å². The molecule has 1 aromatic rings. The van der Waals surface area contributed by atoms with E-state index in [9.17, 15) is 9.90 Å². The van der Waals surface area contributed by atoms with E-state index in [1.807, 2.05) is 18.7 Å². The number of nitrogens with zero attached hydrogens (tertiary/aromatic N) is 1. The third-order valence-electron chi connectivity index (χ3n) is 5.42. The van der Waals surface area contributed by atoms with Crippen LogP contribution in [0.1, 0.15) is 36.0 Å². The molecule has 1 N–H and O–H groups in total. The van der Waals surface area contributed by atoms with Crippen molar-refractivity contribution < 1.29 is 19.4 Å². The third kappa shape index (κ3) is 3.98. The summed E-state index contributed by atoms with van der Waals surface area (Å²) in [6, 6.07) is 4.20. The van der Waals surface area contributed by atoms with Crippen molar-refractivity contribution in [1.29, 1.82) is 0 Å². The Hall–Kier alpha value is -1.59. The molecule has 0 spiro atoms. The van der Waals surface area contributed by atoms with Gasteiger partial charge in [0.1, 0.15) is 5.75 Å². The van der Waals surface area contributed by atoms with Crippen LogP contribution in [0.5, 0.6) is 5.75 Å². The van der Waals surface area contributed by atoms with Crippen LogP contribution >= 0.6 is 0 Å². The molecule has 0 radical (unpaired) electrons. The summed E-state index contributed by atoms with van der Waals surface area (Å²) in [5, 5.41) is 10.3. The summed E-state index contributed by atoms with van der Waals surface area (Å²) in [5.74, 6) is 0.818. The Morgan fingerprint density at radius 2 is 2.00 bits per heavy atom. The molecule has 138 valence electrons. The van der Waals surface area contributed by atoms with E-state index in [0.29, 0.717) is 19.6 Å². The van der Waals surface area contributed by atoms with E-state index in [-0.39, 0.29) is 30.6 Å². The quantitative estimate of drug-likeness (QED) is 0.908. The highest BCUT2D eigenvalue weighted by Crippen LogP contribution is 2.30. The maximum absolute atomic E-state index is 12.7. The first-order chi connectivity index (χ1) is 12.0. The molecule has 3 atom stereocenters. The maximum atomic E-state index is 12.7. The van der Waals surface area contributed by atoms with Crippen molar-refractivity contribution in [2.24, 2.45) is 5.92 Å². The lowest BCUT2D eigenvalue weighted by molar-refractivity contribution is -0.138. The molecule has 5 nitrogen and oxygen atoms in total. The fraction of sp³-hybridized carbons (Fsp3) is 0.650. The maximum Gasteiger partial charge on any atom is 0.260 e. The summed E-state index contributed by atoms with van der Waals surface area (Å²) in [6.07, 6.45) is 2.18. The predicted molar refractivity (Wildman–Crippen MR) is 95.8 cm³/mol. The first-order valence-corrected chi connectivity index (χ1v) is 9.23. The molecule has 3 rings (SSSR count). The first-order valence-electron chi connectivity index (χ1n) is 9.23. The number of carbonyl (C=O) groups is 1. The van der Waals surface area contributed by atoms with Crippen molar-refractivity contribution in [1.82, 2.24) is 4.90 Å². The number of likely N-dealkylation sites (tertiary alicyclic amines) is 1. The minimum absolute atomic E-state index is 0.000325. The van der Waals surface area contributed by atoms with E-state index < -0.39 is 0 Å². The summed E-state index contributed by atoms with van der Waals surface area (Å²) in [6.45, 7) is 8.00. The van der Waals surface area contributed by atoms with Gasteiger partial charge < -0.3 is 19.5 Å². The number of carbonyl (C=O) groups excluding carboxylic acids is 1. The van der Waals surface area contributed by atoms with Crippen molar-refractivity contribution in [2.75, 3.05) is 26.4 Å². The van der Waals surface area contributed by atoms with Gasteiger partial charge in [0.2, 0.25) is 0 Å². The summed E-state index contributed by atoms with van der Waals surface area (Å²) in [7, 11) is 0. The van der Waals surface area contributed by atoms with E-state index in [0.717, 1.165) is 36.3 Å². The molecule has 0 saturated carbocycles. The highest BCUT2D eigenvalue weighted by atomic mass is 16.5. The molecule has 2 saturated heterocycles. The van der Waals surface area contributed by atoms with Crippen LogP contribution in [0.4, 0.5) is 0 Å². The number of amides is 1. The van der Waals surface area contributed by atoms with Gasteiger partial charge in [-0.05, 0) is 51.2 Å². The van der Waals surface area contributed by atoms with Gasteiger partial charge in [-0.15, -0.1) is 0 Å². The van der Waals surface area contributed by atoms with Crippen molar-refractivity contribution in [3.05, 3.63) is 28.8 Å². The Kier molecular flexibility index (Phi) is 5.64. The number of rotatable bonds is 4. The van der Waals surface area contributed by atoms with Crippen molar-refractivity contribution in [3.8, 4) is 5.75 Å². The number of hydrogen-bond acceptors (Lipinski definition) is 4. The summed E-state index contributed by atoms with van der Waals surface area (Å²) < 4.78 is 11.4. The lowest BCUT2D eigenvalue weighted by Crippen LogP contribution is -2.49. The smallest absolute Gasteiger partial charge is 0.260 e. The number of aliphatic hydroxyl groups excluding tert-OH is 1. The molecule has 2 heterocycles. The van der Waals surface area contributed by atoms with Crippen LogP contribution in [0.2, 0.25) is 0 Å². The first kappa shape index (κ1) is 18.2. The van der Waals surface area contributed by atoms with Crippen LogP contribution in [0.3, 0.4) is 0 Å². The van der Waals surface area contributed by atoms with Gasteiger partial charge >= 0.3 is 0 Å². The molecule has 1 amide bonds. The van der Waals surface area contributed by atoms with Crippen LogP contribution in [0, 0.1) is 26.7 Å². The van der Waals surface area contributed by atoms with Gasteiger partial charge in [0.25, 0.3) is 5.91 Å². The topological polar surface area (TPSA) is 59.0 Å². The van der Waals surface area contributed by atoms with Crippen LogP contribution in [-0.4, -0.2) is 54.4 Å². The Bertz CT molecular complexity index is 607. The molecular weight excluding hydrogens is 318 g/mol. The molecule has 5 heteroatoms. The third-order valence-corrected chi connectivity index (χ3v) is 5.42. The number of hydrogen-bond donors (Lipinski definition) is 1. The van der Waals surface area contributed by atoms with Crippen LogP contribution in [0.25, 0.3) is 0 Å². The van der Waals surface area contributed by atoms with Crippen molar-refractivity contribution in [2.45, 2.75) is 52.2 Å². The van der Waals surface area contributed by atoms with Gasteiger partial charge in [0.15, 0.2) is 6.61 Å². The Morgan fingerprint density at radius 3 is 2.68 bits per heavy atom. The molecule has 2 aliphatic heterocycles. The highest BCUT2D eigenvalue weighted by molar-refractivity contribution is 5.78. The molecule has 0 unspecified atom stereocenters. The fourth-order valence-electron chi connectivity index (χ4n) is 4.27. The fourth-order valence-corrected chi connectivity index (χ4v) is 4.27. The standard InChI is InChI=1S/C20H29NO4/c1-13-9-14(2)20(15(3)10-13)25-12-19(23)21-7-4-5-17(21)16-11-24-8-6-18(16)22/h9-10,16-18,22H,4-8,11-12H2,1-3H3/t16-,17-,18-/m1/s1. The Labute approximate surface area is 149 Å². The summed E-state index contributed by atoms with van der Waals surface area (Å²) in [4.78, 5) is 14.6. The predicted octanol–water partition coefficient (Wildman–Crippen LogP) is 2.38. The molecule has 25 heavy (non-hydrogen) atoms. The van der Waals surface area contributed by atoms with Crippen LogP contribution in [-0.2, 0) is 9.53 Å². The van der Waals surface area contributed by atoms with Crippen molar-refractivity contribution >= 4 is 5.91 Å². The van der Waals surface area contributed by atoms with Gasteiger partial charge in [0.05, 0.1) is 12.7 Å². The van der Waals surface area contributed by atoms with E-state index in [2.05, 4.69) is 19.1 Å². The zero-order chi connectivity index (χ0) is 18.0. The van der Waals surface area contributed by atoms with E-state index >= 15 is 0 Å². The van der Waals surface area contributed by atoms with Crippen LogP contribution < -0.4 is 4.74 Å². The van der Waals surface area contributed by atoms with E-state index in [1.54, 1.807) is 0 Å². The second-order valence-corrected chi connectivity index (χ2v) is 7.41. The normalized spacial score (nSPS) is 26.7. The van der Waals surface area contributed by atoms with Gasteiger partial charge in [0, 0.05) is 25.1 Å². The van der Waals surface area contributed by atoms with Gasteiger partial charge in [-0.3, -0.25) is 4.79 Å². The Balaban J connectivity index is 1.64. The SMILES string of the molecule is Cc1cc(C)c(OCC(=O)N2CCC[C@@H]2[C@H]2COCC[C@H]2O)c(C)c1. The summed E-state index contributed by atoms with van der Waals surface area (Å²) in [5.41, 5.74) is 3.30.